The van der Waals surface area contributed by atoms with Gasteiger partial charge in [-0.3, -0.25) is 4.79 Å². The fourth-order valence-corrected chi connectivity index (χ4v) is 4.85. The van der Waals surface area contributed by atoms with Crippen molar-refractivity contribution in [2.45, 2.75) is 51.1 Å². The monoisotopic (exact) mass is 275 g/mol. The average Bonchev–Trinajstić information content (AvgIpc) is 2.77. The molecule has 1 saturated carbocycles. The summed E-state index contributed by atoms with van der Waals surface area (Å²) in [6.45, 7) is 1.62. The standard InChI is InChI=1S/C12H21NO4S/c1-3-18(15,16)13-10-7-5-4-6-9(10)8-11(13)12(14)17-2/h9-11H,3-8H2,1-2H3. The van der Waals surface area contributed by atoms with Gasteiger partial charge >= 0.3 is 5.97 Å². The van der Waals surface area contributed by atoms with E-state index in [0.717, 1.165) is 25.7 Å². The number of sulfonamides is 1. The Morgan fingerprint density at radius 3 is 2.61 bits per heavy atom. The molecule has 0 spiro atoms. The molecule has 0 aromatic heterocycles. The fraction of sp³-hybridized carbons (Fsp3) is 0.917. The Kier molecular flexibility index (Phi) is 3.96. The highest BCUT2D eigenvalue weighted by Gasteiger charge is 2.50. The van der Waals surface area contributed by atoms with Gasteiger partial charge in [0.25, 0.3) is 0 Å². The van der Waals surface area contributed by atoms with Gasteiger partial charge in [0, 0.05) is 6.04 Å². The number of hydrogen-bond donors (Lipinski definition) is 0. The SMILES string of the molecule is CCS(=O)(=O)N1C(C(=O)OC)CC2CCCCC21. The van der Waals surface area contributed by atoms with Gasteiger partial charge in [-0.2, -0.15) is 4.31 Å². The first-order valence-corrected chi connectivity index (χ1v) is 8.21. The van der Waals surface area contributed by atoms with E-state index in [0.29, 0.717) is 12.3 Å². The Bertz CT molecular complexity index is 420. The van der Waals surface area contributed by atoms with Crippen LogP contribution in [0.3, 0.4) is 0 Å². The lowest BCUT2D eigenvalue weighted by Gasteiger charge is -2.32. The number of hydrogen-bond acceptors (Lipinski definition) is 4. The van der Waals surface area contributed by atoms with Crippen molar-refractivity contribution in [1.82, 2.24) is 4.31 Å². The van der Waals surface area contributed by atoms with E-state index in [1.165, 1.54) is 11.4 Å². The minimum atomic E-state index is -3.34. The normalized spacial score (nSPS) is 33.1. The van der Waals surface area contributed by atoms with Crippen LogP contribution in [0.4, 0.5) is 0 Å². The van der Waals surface area contributed by atoms with Crippen LogP contribution in [0.25, 0.3) is 0 Å². The van der Waals surface area contributed by atoms with Crippen LogP contribution >= 0.6 is 0 Å². The summed E-state index contributed by atoms with van der Waals surface area (Å²) in [5, 5.41) is 0. The number of rotatable bonds is 3. The Morgan fingerprint density at radius 1 is 1.33 bits per heavy atom. The van der Waals surface area contributed by atoms with Crippen LogP contribution in [0.5, 0.6) is 0 Å². The molecule has 0 amide bonds. The molecule has 1 aliphatic carbocycles. The number of fused-ring (bicyclic) bond motifs is 1. The van der Waals surface area contributed by atoms with Gasteiger partial charge in [-0.15, -0.1) is 0 Å². The molecule has 3 unspecified atom stereocenters. The van der Waals surface area contributed by atoms with E-state index >= 15 is 0 Å². The van der Waals surface area contributed by atoms with E-state index in [1.54, 1.807) is 6.92 Å². The minimum Gasteiger partial charge on any atom is -0.468 e. The summed E-state index contributed by atoms with van der Waals surface area (Å²) in [6.07, 6.45) is 4.70. The lowest BCUT2D eigenvalue weighted by molar-refractivity contribution is -0.144. The molecule has 0 radical (unpaired) electrons. The molecule has 2 fully saturated rings. The average molecular weight is 275 g/mol. The van der Waals surface area contributed by atoms with Crippen LogP contribution in [-0.2, 0) is 19.6 Å². The Balaban J connectivity index is 2.32. The zero-order valence-corrected chi connectivity index (χ0v) is 11.8. The second kappa shape index (κ2) is 5.17. The third-order valence-electron chi connectivity index (χ3n) is 4.19. The summed E-state index contributed by atoms with van der Waals surface area (Å²) in [6, 6.07) is -0.596. The zero-order valence-electron chi connectivity index (χ0n) is 11.0. The molecule has 2 rings (SSSR count). The van der Waals surface area contributed by atoms with Crippen molar-refractivity contribution in [2.24, 2.45) is 5.92 Å². The van der Waals surface area contributed by atoms with Crippen molar-refractivity contribution in [3.8, 4) is 0 Å². The number of carbonyl (C=O) groups excluding carboxylic acids is 1. The molecule has 104 valence electrons. The topological polar surface area (TPSA) is 63.7 Å². The Morgan fingerprint density at radius 2 is 2.00 bits per heavy atom. The van der Waals surface area contributed by atoms with E-state index in [2.05, 4.69) is 0 Å². The van der Waals surface area contributed by atoms with Gasteiger partial charge in [-0.25, -0.2) is 8.42 Å². The maximum absolute atomic E-state index is 12.2. The minimum absolute atomic E-state index is 0.00722. The molecule has 6 heteroatoms. The smallest absolute Gasteiger partial charge is 0.324 e. The van der Waals surface area contributed by atoms with Gasteiger partial charge in [0.2, 0.25) is 10.0 Å². The Labute approximate surface area is 109 Å². The third-order valence-corrected chi connectivity index (χ3v) is 6.09. The van der Waals surface area contributed by atoms with Crippen LogP contribution in [-0.4, -0.2) is 43.6 Å². The van der Waals surface area contributed by atoms with Gasteiger partial charge in [0.1, 0.15) is 6.04 Å². The molecule has 18 heavy (non-hydrogen) atoms. The second-order valence-corrected chi connectivity index (χ2v) is 7.28. The van der Waals surface area contributed by atoms with Crippen LogP contribution in [0.2, 0.25) is 0 Å². The van der Waals surface area contributed by atoms with E-state index in [-0.39, 0.29) is 11.8 Å². The molecule has 0 bridgehead atoms. The highest BCUT2D eigenvalue weighted by Crippen LogP contribution is 2.41. The number of ether oxygens (including phenoxy) is 1. The predicted molar refractivity (Wildman–Crippen MR) is 67.5 cm³/mol. The molecular weight excluding hydrogens is 254 g/mol. The van der Waals surface area contributed by atoms with Gasteiger partial charge in [-0.05, 0) is 32.1 Å². The van der Waals surface area contributed by atoms with Crippen LogP contribution in [0.15, 0.2) is 0 Å². The van der Waals surface area contributed by atoms with Crippen molar-refractivity contribution >= 4 is 16.0 Å². The molecule has 5 nitrogen and oxygen atoms in total. The summed E-state index contributed by atoms with van der Waals surface area (Å²) in [7, 11) is -2.02. The number of nitrogens with zero attached hydrogens (tertiary/aromatic N) is 1. The zero-order chi connectivity index (χ0) is 13.3. The lowest BCUT2D eigenvalue weighted by atomic mass is 9.85. The molecule has 1 heterocycles. The van der Waals surface area contributed by atoms with Crippen molar-refractivity contribution in [2.75, 3.05) is 12.9 Å². The van der Waals surface area contributed by atoms with Crippen molar-refractivity contribution < 1.29 is 17.9 Å². The van der Waals surface area contributed by atoms with E-state index in [4.69, 9.17) is 4.74 Å². The fourth-order valence-electron chi connectivity index (χ4n) is 3.31. The predicted octanol–water partition coefficient (Wildman–Crippen LogP) is 1.14. The second-order valence-electron chi connectivity index (χ2n) is 5.12. The molecule has 0 aromatic carbocycles. The lowest BCUT2D eigenvalue weighted by Crippen LogP contribution is -2.47. The number of methoxy groups -OCH3 is 1. The summed E-state index contributed by atoms with van der Waals surface area (Å²) in [5.41, 5.74) is 0. The molecular formula is C12H21NO4S. The van der Waals surface area contributed by atoms with Crippen molar-refractivity contribution in [3.05, 3.63) is 0 Å². The molecule has 2 aliphatic rings. The molecule has 1 aliphatic heterocycles. The van der Waals surface area contributed by atoms with Gasteiger partial charge in [0.05, 0.1) is 12.9 Å². The quantitative estimate of drug-likeness (QED) is 0.725. The van der Waals surface area contributed by atoms with Crippen LogP contribution in [0.1, 0.15) is 39.0 Å². The number of esters is 1. The van der Waals surface area contributed by atoms with Gasteiger partial charge < -0.3 is 4.74 Å². The van der Waals surface area contributed by atoms with Crippen molar-refractivity contribution in [1.29, 1.82) is 0 Å². The Hall–Kier alpha value is -0.620. The molecule has 1 saturated heterocycles. The first-order valence-electron chi connectivity index (χ1n) is 6.60. The van der Waals surface area contributed by atoms with E-state index in [9.17, 15) is 13.2 Å². The molecule has 0 N–H and O–H groups in total. The molecule has 0 aromatic rings. The summed E-state index contributed by atoms with van der Waals surface area (Å²) >= 11 is 0. The first kappa shape index (κ1) is 13.8. The summed E-state index contributed by atoms with van der Waals surface area (Å²) in [4.78, 5) is 11.8. The highest BCUT2D eigenvalue weighted by molar-refractivity contribution is 7.89. The van der Waals surface area contributed by atoms with Gasteiger partial charge in [-0.1, -0.05) is 12.8 Å². The number of carbonyl (C=O) groups is 1. The third kappa shape index (κ3) is 2.28. The maximum atomic E-state index is 12.2. The van der Waals surface area contributed by atoms with E-state index in [1.807, 2.05) is 0 Å². The first-order chi connectivity index (χ1) is 8.51. The summed E-state index contributed by atoms with van der Waals surface area (Å²) in [5.74, 6) is -0.0467. The van der Waals surface area contributed by atoms with Gasteiger partial charge in [0.15, 0.2) is 0 Å². The maximum Gasteiger partial charge on any atom is 0.324 e. The highest BCUT2D eigenvalue weighted by atomic mass is 32.2. The van der Waals surface area contributed by atoms with Crippen LogP contribution in [0, 0.1) is 5.92 Å². The van der Waals surface area contributed by atoms with Crippen molar-refractivity contribution in [3.63, 3.8) is 0 Å². The van der Waals surface area contributed by atoms with E-state index < -0.39 is 22.0 Å². The largest absolute Gasteiger partial charge is 0.468 e. The van der Waals surface area contributed by atoms with Crippen LogP contribution < -0.4 is 0 Å². The summed E-state index contributed by atoms with van der Waals surface area (Å²) < 4.78 is 30.6. The molecule has 3 atom stereocenters.